The maximum absolute atomic E-state index is 11.7. The van der Waals surface area contributed by atoms with Gasteiger partial charge in [0.05, 0.1) is 22.5 Å². The van der Waals surface area contributed by atoms with Crippen LogP contribution in [0.1, 0.15) is 16.8 Å². The van der Waals surface area contributed by atoms with Gasteiger partial charge in [0, 0.05) is 5.56 Å². The van der Waals surface area contributed by atoms with Crippen molar-refractivity contribution in [3.05, 3.63) is 33.8 Å². The molecule has 0 aliphatic heterocycles. The maximum atomic E-state index is 11.7. The lowest BCUT2D eigenvalue weighted by Gasteiger charge is -2.08. The Morgan fingerprint density at radius 1 is 1.31 bits per heavy atom. The normalized spacial score (nSPS) is 12.2. The van der Waals surface area contributed by atoms with E-state index in [2.05, 4.69) is 0 Å². The fourth-order valence-electron chi connectivity index (χ4n) is 1.14. The number of carboxylic acid groups (broad SMARTS) is 1. The fraction of sp³-hybridized carbons (Fsp3) is 0.200. The van der Waals surface area contributed by atoms with Crippen LogP contribution < -0.4 is 5.73 Å². The van der Waals surface area contributed by atoms with Gasteiger partial charge in [-0.3, -0.25) is 9.59 Å². The molecule has 0 heterocycles. The summed E-state index contributed by atoms with van der Waals surface area (Å²) in [6.07, 6.45) is -0.418. The van der Waals surface area contributed by atoms with Crippen molar-refractivity contribution in [3.63, 3.8) is 0 Å². The Balaban J connectivity index is 2.88. The lowest BCUT2D eigenvalue weighted by molar-refractivity contribution is -0.137. The van der Waals surface area contributed by atoms with Gasteiger partial charge in [0.15, 0.2) is 5.78 Å². The van der Waals surface area contributed by atoms with Crippen molar-refractivity contribution in [2.75, 3.05) is 0 Å². The number of carboxylic acids is 1. The first-order valence-corrected chi connectivity index (χ1v) is 5.14. The molecule has 16 heavy (non-hydrogen) atoms. The van der Waals surface area contributed by atoms with Crippen LogP contribution in [0.4, 0.5) is 0 Å². The molecule has 1 aromatic carbocycles. The minimum Gasteiger partial charge on any atom is -0.481 e. The van der Waals surface area contributed by atoms with Gasteiger partial charge in [-0.1, -0.05) is 23.2 Å². The highest BCUT2D eigenvalue weighted by atomic mass is 35.5. The van der Waals surface area contributed by atoms with Crippen LogP contribution >= 0.6 is 23.2 Å². The van der Waals surface area contributed by atoms with Crippen molar-refractivity contribution in [2.24, 2.45) is 5.73 Å². The van der Waals surface area contributed by atoms with Gasteiger partial charge >= 0.3 is 5.97 Å². The minimum absolute atomic E-state index is 0.232. The zero-order valence-corrected chi connectivity index (χ0v) is 9.63. The van der Waals surface area contributed by atoms with Gasteiger partial charge < -0.3 is 10.8 Å². The standard InChI is InChI=1S/C10H9Cl2NO3/c11-6-2-1-5(3-7(6)12)10(16)8(13)4-9(14)15/h1-3,8H,4,13H2,(H,14,15). The summed E-state index contributed by atoms with van der Waals surface area (Å²) >= 11 is 11.4. The molecule has 6 heteroatoms. The Bertz CT molecular complexity index is 434. The number of ketones is 1. The second-order valence-electron chi connectivity index (χ2n) is 3.20. The summed E-state index contributed by atoms with van der Waals surface area (Å²) < 4.78 is 0. The van der Waals surface area contributed by atoms with E-state index in [0.29, 0.717) is 5.02 Å². The first-order chi connectivity index (χ1) is 7.41. The number of hydrogen-bond acceptors (Lipinski definition) is 3. The van der Waals surface area contributed by atoms with E-state index in [0.717, 1.165) is 0 Å². The van der Waals surface area contributed by atoms with Gasteiger partial charge in [0.1, 0.15) is 0 Å². The topological polar surface area (TPSA) is 80.4 Å². The highest BCUT2D eigenvalue weighted by molar-refractivity contribution is 6.42. The molecule has 0 saturated carbocycles. The van der Waals surface area contributed by atoms with E-state index in [9.17, 15) is 9.59 Å². The SMILES string of the molecule is NC(CC(=O)O)C(=O)c1ccc(Cl)c(Cl)c1. The third-order valence-corrected chi connectivity index (χ3v) is 2.67. The largest absolute Gasteiger partial charge is 0.481 e. The van der Waals surface area contributed by atoms with E-state index >= 15 is 0 Å². The molecule has 3 N–H and O–H groups in total. The summed E-state index contributed by atoms with van der Waals surface area (Å²) in [6, 6.07) is 3.21. The van der Waals surface area contributed by atoms with Crippen LogP contribution in [0.25, 0.3) is 0 Å². The molecule has 0 amide bonds. The number of nitrogens with two attached hydrogens (primary N) is 1. The van der Waals surface area contributed by atoms with Gasteiger partial charge in [-0.25, -0.2) is 0 Å². The van der Waals surface area contributed by atoms with Crippen LogP contribution in [0.2, 0.25) is 10.0 Å². The zero-order chi connectivity index (χ0) is 12.3. The highest BCUT2D eigenvalue weighted by Crippen LogP contribution is 2.23. The predicted molar refractivity (Wildman–Crippen MR) is 61.0 cm³/mol. The maximum Gasteiger partial charge on any atom is 0.305 e. The van der Waals surface area contributed by atoms with E-state index in [1.807, 2.05) is 0 Å². The molecule has 0 saturated heterocycles. The summed E-state index contributed by atoms with van der Waals surface area (Å²) in [5.41, 5.74) is 5.68. The Morgan fingerprint density at radius 2 is 1.94 bits per heavy atom. The van der Waals surface area contributed by atoms with Gasteiger partial charge in [-0.05, 0) is 18.2 Å². The second kappa shape index (κ2) is 5.30. The van der Waals surface area contributed by atoms with E-state index in [4.69, 9.17) is 34.0 Å². The predicted octanol–water partition coefficient (Wildman–Crippen LogP) is 1.98. The Kier molecular flexibility index (Phi) is 4.29. The molecular formula is C10H9Cl2NO3. The molecule has 0 aliphatic rings. The van der Waals surface area contributed by atoms with E-state index in [-0.39, 0.29) is 10.6 Å². The molecule has 0 aliphatic carbocycles. The van der Waals surface area contributed by atoms with Crippen LogP contribution in [0.15, 0.2) is 18.2 Å². The van der Waals surface area contributed by atoms with Crippen molar-refractivity contribution in [2.45, 2.75) is 12.5 Å². The first-order valence-electron chi connectivity index (χ1n) is 4.38. The van der Waals surface area contributed by atoms with Gasteiger partial charge in [-0.15, -0.1) is 0 Å². The Hall–Kier alpha value is -1.10. The summed E-state index contributed by atoms with van der Waals surface area (Å²) in [6.45, 7) is 0. The van der Waals surface area contributed by atoms with Crippen LogP contribution in [-0.4, -0.2) is 22.9 Å². The first kappa shape index (κ1) is 13.0. The smallest absolute Gasteiger partial charge is 0.305 e. The van der Waals surface area contributed by atoms with Crippen LogP contribution in [0.3, 0.4) is 0 Å². The number of halogens is 2. The molecular weight excluding hydrogens is 253 g/mol. The number of carbonyl (C=O) groups is 2. The molecule has 0 fully saturated rings. The zero-order valence-electron chi connectivity index (χ0n) is 8.11. The molecule has 86 valence electrons. The molecule has 1 rings (SSSR count). The van der Waals surface area contributed by atoms with Crippen molar-refractivity contribution < 1.29 is 14.7 Å². The van der Waals surface area contributed by atoms with E-state index in [1.165, 1.54) is 18.2 Å². The molecule has 0 spiro atoms. The van der Waals surface area contributed by atoms with Crippen LogP contribution in [0.5, 0.6) is 0 Å². The average Bonchev–Trinajstić information content (AvgIpc) is 2.20. The monoisotopic (exact) mass is 261 g/mol. The second-order valence-corrected chi connectivity index (χ2v) is 4.01. The van der Waals surface area contributed by atoms with E-state index in [1.54, 1.807) is 0 Å². The van der Waals surface area contributed by atoms with Gasteiger partial charge in [0.2, 0.25) is 0 Å². The summed E-state index contributed by atoms with van der Waals surface area (Å²) in [5, 5.41) is 9.05. The fourth-order valence-corrected chi connectivity index (χ4v) is 1.44. The third-order valence-electron chi connectivity index (χ3n) is 1.94. The molecule has 1 atom stereocenters. The van der Waals surface area contributed by atoms with Crippen LogP contribution in [0, 0.1) is 0 Å². The number of hydrogen-bond donors (Lipinski definition) is 2. The molecule has 0 aromatic heterocycles. The number of rotatable bonds is 4. The van der Waals surface area contributed by atoms with Crippen LogP contribution in [-0.2, 0) is 4.79 Å². The molecule has 1 aromatic rings. The van der Waals surface area contributed by atoms with E-state index < -0.39 is 24.2 Å². The summed E-state index contributed by atoms with van der Waals surface area (Å²) in [5.74, 6) is -1.60. The average molecular weight is 262 g/mol. The quantitative estimate of drug-likeness (QED) is 0.813. The number of carbonyl (C=O) groups excluding carboxylic acids is 1. The van der Waals surface area contributed by atoms with Gasteiger partial charge in [0.25, 0.3) is 0 Å². The van der Waals surface area contributed by atoms with Crippen molar-refractivity contribution >= 4 is 35.0 Å². The molecule has 0 bridgehead atoms. The highest BCUT2D eigenvalue weighted by Gasteiger charge is 2.19. The number of Topliss-reactive ketones (excluding diaryl/α,β-unsaturated/α-hetero) is 1. The summed E-state index contributed by atoms with van der Waals surface area (Å²) in [7, 11) is 0. The Morgan fingerprint density at radius 3 is 2.44 bits per heavy atom. The molecule has 0 radical (unpaired) electrons. The van der Waals surface area contributed by atoms with Crippen molar-refractivity contribution in [1.29, 1.82) is 0 Å². The lowest BCUT2D eigenvalue weighted by Crippen LogP contribution is -2.32. The van der Waals surface area contributed by atoms with Gasteiger partial charge in [-0.2, -0.15) is 0 Å². The molecule has 1 unspecified atom stereocenters. The number of aliphatic carboxylic acids is 1. The minimum atomic E-state index is -1.12. The van der Waals surface area contributed by atoms with Crippen molar-refractivity contribution in [1.82, 2.24) is 0 Å². The molecule has 4 nitrogen and oxygen atoms in total. The number of benzene rings is 1. The third kappa shape index (κ3) is 3.20. The Labute approximate surface area is 102 Å². The summed E-state index contributed by atoms with van der Waals surface area (Å²) in [4.78, 5) is 22.0. The lowest BCUT2D eigenvalue weighted by atomic mass is 10.0. The van der Waals surface area contributed by atoms with Crippen molar-refractivity contribution in [3.8, 4) is 0 Å².